The van der Waals surface area contributed by atoms with Gasteiger partial charge >= 0.3 is 0 Å². The fourth-order valence-corrected chi connectivity index (χ4v) is 3.28. The van der Waals surface area contributed by atoms with E-state index in [-0.39, 0.29) is 17.8 Å². The predicted molar refractivity (Wildman–Crippen MR) is 90.9 cm³/mol. The molecular formula is C19H17FN4O. The smallest absolute Gasteiger partial charge is 0.251 e. The molecule has 0 saturated carbocycles. The summed E-state index contributed by atoms with van der Waals surface area (Å²) in [5.41, 5.74) is 3.45. The molecular weight excluding hydrogens is 319 g/mol. The van der Waals surface area contributed by atoms with Crippen molar-refractivity contribution in [2.45, 2.75) is 25.3 Å². The van der Waals surface area contributed by atoms with E-state index in [1.165, 1.54) is 12.1 Å². The maximum atomic E-state index is 13.6. The minimum Gasteiger partial charge on any atom is -0.345 e. The van der Waals surface area contributed by atoms with Crippen LogP contribution in [0.25, 0.3) is 5.69 Å². The molecule has 0 fully saturated rings. The van der Waals surface area contributed by atoms with Gasteiger partial charge in [0.05, 0.1) is 6.04 Å². The SMILES string of the molecule is O=C(NC1CCCc2ccc(F)cc21)c1ccc(-n2cnnc2)cc1. The lowest BCUT2D eigenvalue weighted by molar-refractivity contribution is 0.0932. The number of hydrogen-bond acceptors (Lipinski definition) is 3. The molecule has 3 aromatic rings. The van der Waals surface area contributed by atoms with E-state index in [2.05, 4.69) is 15.5 Å². The van der Waals surface area contributed by atoms with Crippen LogP contribution in [0.4, 0.5) is 4.39 Å². The van der Waals surface area contributed by atoms with Crippen molar-refractivity contribution in [3.8, 4) is 5.69 Å². The highest BCUT2D eigenvalue weighted by Crippen LogP contribution is 2.30. The first-order chi connectivity index (χ1) is 12.2. The number of benzene rings is 2. The lowest BCUT2D eigenvalue weighted by Crippen LogP contribution is -2.31. The van der Waals surface area contributed by atoms with Crippen LogP contribution in [-0.4, -0.2) is 20.7 Å². The summed E-state index contributed by atoms with van der Waals surface area (Å²) in [6, 6.07) is 11.9. The standard InChI is InChI=1S/C19H17FN4O/c20-15-7-4-13-2-1-3-18(17(13)10-15)23-19(25)14-5-8-16(9-6-14)24-11-21-22-12-24/h4-12,18H,1-3H2,(H,23,25). The number of rotatable bonds is 3. The van der Waals surface area contributed by atoms with Gasteiger partial charge in [0.15, 0.2) is 0 Å². The Hall–Kier alpha value is -3.02. The fraction of sp³-hybridized carbons (Fsp3) is 0.211. The van der Waals surface area contributed by atoms with Crippen molar-refractivity contribution >= 4 is 5.91 Å². The Balaban J connectivity index is 1.52. The van der Waals surface area contributed by atoms with E-state index in [1.807, 2.05) is 18.2 Å². The molecule has 1 N–H and O–H groups in total. The summed E-state index contributed by atoms with van der Waals surface area (Å²) >= 11 is 0. The van der Waals surface area contributed by atoms with E-state index >= 15 is 0 Å². The number of hydrogen-bond donors (Lipinski definition) is 1. The van der Waals surface area contributed by atoms with Crippen molar-refractivity contribution in [3.05, 3.63) is 77.6 Å². The molecule has 1 heterocycles. The Kier molecular flexibility index (Phi) is 4.01. The molecule has 1 atom stereocenters. The number of carbonyl (C=O) groups excluding carboxylic acids is 1. The molecule has 0 spiro atoms. The summed E-state index contributed by atoms with van der Waals surface area (Å²) in [4.78, 5) is 12.6. The minimum atomic E-state index is -0.266. The molecule has 1 unspecified atom stereocenters. The first kappa shape index (κ1) is 15.5. The zero-order valence-electron chi connectivity index (χ0n) is 13.5. The van der Waals surface area contributed by atoms with E-state index < -0.39 is 0 Å². The maximum Gasteiger partial charge on any atom is 0.251 e. The third-order valence-corrected chi connectivity index (χ3v) is 4.57. The molecule has 1 aliphatic rings. The van der Waals surface area contributed by atoms with Gasteiger partial charge in [-0.05, 0) is 66.8 Å². The van der Waals surface area contributed by atoms with Crippen LogP contribution in [0.5, 0.6) is 0 Å². The van der Waals surface area contributed by atoms with E-state index in [4.69, 9.17) is 0 Å². The first-order valence-electron chi connectivity index (χ1n) is 8.25. The summed E-state index contributed by atoms with van der Waals surface area (Å²) < 4.78 is 15.3. The molecule has 0 aliphatic heterocycles. The Morgan fingerprint density at radius 2 is 1.88 bits per heavy atom. The van der Waals surface area contributed by atoms with Crippen LogP contribution >= 0.6 is 0 Å². The number of nitrogens with one attached hydrogen (secondary N) is 1. The van der Waals surface area contributed by atoms with Gasteiger partial charge in [-0.2, -0.15) is 0 Å². The first-order valence-corrected chi connectivity index (χ1v) is 8.25. The van der Waals surface area contributed by atoms with Gasteiger partial charge in [0.1, 0.15) is 18.5 Å². The highest BCUT2D eigenvalue weighted by molar-refractivity contribution is 5.94. The summed E-state index contributed by atoms with van der Waals surface area (Å²) in [7, 11) is 0. The van der Waals surface area contributed by atoms with Crippen LogP contribution < -0.4 is 5.32 Å². The van der Waals surface area contributed by atoms with E-state index in [9.17, 15) is 9.18 Å². The number of carbonyl (C=O) groups is 1. The molecule has 4 rings (SSSR count). The van der Waals surface area contributed by atoms with Gasteiger partial charge in [-0.1, -0.05) is 6.07 Å². The predicted octanol–water partition coefficient (Wildman–Crippen LogP) is 3.21. The second-order valence-corrected chi connectivity index (χ2v) is 6.18. The minimum absolute atomic E-state index is 0.149. The summed E-state index contributed by atoms with van der Waals surface area (Å²) in [6.07, 6.45) is 5.93. The number of halogens is 1. The van der Waals surface area contributed by atoms with Gasteiger partial charge in [-0.15, -0.1) is 10.2 Å². The van der Waals surface area contributed by atoms with E-state index in [1.54, 1.807) is 29.4 Å². The molecule has 0 saturated heterocycles. The summed E-state index contributed by atoms with van der Waals surface area (Å²) in [5.74, 6) is -0.421. The van der Waals surface area contributed by atoms with Crippen LogP contribution in [0, 0.1) is 5.82 Å². The third kappa shape index (κ3) is 3.15. The molecule has 2 aromatic carbocycles. The lowest BCUT2D eigenvalue weighted by Gasteiger charge is -2.26. The molecule has 0 radical (unpaired) electrons. The van der Waals surface area contributed by atoms with Gasteiger partial charge in [0.2, 0.25) is 0 Å². The molecule has 1 amide bonds. The highest BCUT2D eigenvalue weighted by atomic mass is 19.1. The van der Waals surface area contributed by atoms with Crippen molar-refractivity contribution in [3.63, 3.8) is 0 Å². The number of aromatic nitrogens is 3. The Bertz CT molecular complexity index is 890. The van der Waals surface area contributed by atoms with Gasteiger partial charge in [0, 0.05) is 11.3 Å². The zero-order chi connectivity index (χ0) is 17.2. The topological polar surface area (TPSA) is 59.8 Å². The van der Waals surface area contributed by atoms with Gasteiger partial charge in [-0.3, -0.25) is 9.36 Å². The molecule has 126 valence electrons. The molecule has 1 aromatic heterocycles. The van der Waals surface area contributed by atoms with E-state index in [0.717, 1.165) is 36.1 Å². The zero-order valence-corrected chi connectivity index (χ0v) is 13.5. The van der Waals surface area contributed by atoms with Crippen molar-refractivity contribution in [2.75, 3.05) is 0 Å². The largest absolute Gasteiger partial charge is 0.345 e. The van der Waals surface area contributed by atoms with Crippen molar-refractivity contribution in [1.82, 2.24) is 20.1 Å². The van der Waals surface area contributed by atoms with Crippen LogP contribution in [0.15, 0.2) is 55.1 Å². The summed E-state index contributed by atoms with van der Waals surface area (Å²) in [5, 5.41) is 10.6. The van der Waals surface area contributed by atoms with Crippen molar-refractivity contribution < 1.29 is 9.18 Å². The Morgan fingerprint density at radius 1 is 1.12 bits per heavy atom. The molecule has 5 nitrogen and oxygen atoms in total. The monoisotopic (exact) mass is 336 g/mol. The Morgan fingerprint density at radius 3 is 2.64 bits per heavy atom. The molecule has 0 bridgehead atoms. The highest BCUT2D eigenvalue weighted by Gasteiger charge is 2.22. The second kappa shape index (κ2) is 6.47. The third-order valence-electron chi connectivity index (χ3n) is 4.57. The number of amides is 1. The van der Waals surface area contributed by atoms with Gasteiger partial charge in [0.25, 0.3) is 5.91 Å². The maximum absolute atomic E-state index is 13.6. The van der Waals surface area contributed by atoms with Crippen molar-refractivity contribution in [2.24, 2.45) is 0 Å². The lowest BCUT2D eigenvalue weighted by atomic mass is 9.87. The van der Waals surface area contributed by atoms with Crippen LogP contribution in [-0.2, 0) is 6.42 Å². The van der Waals surface area contributed by atoms with Gasteiger partial charge < -0.3 is 5.32 Å². The van der Waals surface area contributed by atoms with Crippen LogP contribution in [0.1, 0.15) is 40.4 Å². The molecule has 1 aliphatic carbocycles. The summed E-state index contributed by atoms with van der Waals surface area (Å²) in [6.45, 7) is 0. The number of fused-ring (bicyclic) bond motifs is 1. The average molecular weight is 336 g/mol. The van der Waals surface area contributed by atoms with Crippen molar-refractivity contribution in [1.29, 1.82) is 0 Å². The fourth-order valence-electron chi connectivity index (χ4n) is 3.28. The normalized spacial score (nSPS) is 16.3. The quantitative estimate of drug-likeness (QED) is 0.799. The Labute approximate surface area is 144 Å². The van der Waals surface area contributed by atoms with Gasteiger partial charge in [-0.25, -0.2) is 4.39 Å². The average Bonchev–Trinajstić information content (AvgIpc) is 3.17. The number of aryl methyl sites for hydroxylation is 1. The van der Waals surface area contributed by atoms with Crippen LogP contribution in [0.2, 0.25) is 0 Å². The molecule has 25 heavy (non-hydrogen) atoms. The second-order valence-electron chi connectivity index (χ2n) is 6.18. The van der Waals surface area contributed by atoms with Crippen LogP contribution in [0.3, 0.4) is 0 Å². The molecule has 6 heteroatoms. The van der Waals surface area contributed by atoms with E-state index in [0.29, 0.717) is 5.56 Å². The number of nitrogens with zero attached hydrogens (tertiary/aromatic N) is 3.